The van der Waals surface area contributed by atoms with E-state index in [9.17, 15) is 0 Å². The number of aromatic nitrogens is 4. The Hall–Kier alpha value is -2.44. The van der Waals surface area contributed by atoms with E-state index in [0.717, 1.165) is 16.4 Å². The molecule has 0 unspecified atom stereocenters. The Kier molecular flexibility index (Phi) is 3.25. The first-order valence-corrected chi connectivity index (χ1v) is 7.80. The van der Waals surface area contributed by atoms with E-state index in [4.69, 9.17) is 11.6 Å². The van der Waals surface area contributed by atoms with Crippen LogP contribution < -0.4 is 5.32 Å². The van der Waals surface area contributed by atoms with Crippen LogP contribution in [0.25, 0.3) is 16.3 Å². The van der Waals surface area contributed by atoms with Gasteiger partial charge >= 0.3 is 0 Å². The molecular formula is C15H10ClN5S. The first-order valence-electron chi connectivity index (χ1n) is 6.60. The highest BCUT2D eigenvalue weighted by Gasteiger charge is 2.15. The number of nitrogens with one attached hydrogen (secondary N) is 1. The van der Waals surface area contributed by atoms with Crippen molar-refractivity contribution in [1.82, 2.24) is 19.8 Å². The fourth-order valence-electron chi connectivity index (χ4n) is 2.12. The second kappa shape index (κ2) is 5.40. The van der Waals surface area contributed by atoms with Crippen LogP contribution in [0.3, 0.4) is 0 Å². The van der Waals surface area contributed by atoms with Crippen molar-refractivity contribution >= 4 is 38.7 Å². The van der Waals surface area contributed by atoms with Gasteiger partial charge in [0.2, 0.25) is 10.1 Å². The van der Waals surface area contributed by atoms with Crippen LogP contribution in [0.5, 0.6) is 0 Å². The average molecular weight is 328 g/mol. The van der Waals surface area contributed by atoms with E-state index >= 15 is 0 Å². The van der Waals surface area contributed by atoms with E-state index in [2.05, 4.69) is 20.6 Å². The van der Waals surface area contributed by atoms with Crippen LogP contribution >= 0.6 is 22.9 Å². The molecule has 0 aliphatic carbocycles. The van der Waals surface area contributed by atoms with Gasteiger partial charge in [0.05, 0.1) is 5.02 Å². The van der Waals surface area contributed by atoms with E-state index in [1.165, 1.54) is 11.3 Å². The van der Waals surface area contributed by atoms with Crippen molar-refractivity contribution < 1.29 is 0 Å². The number of rotatable bonds is 3. The first-order chi connectivity index (χ1) is 10.8. The smallest absolute Gasteiger partial charge is 0.236 e. The molecule has 0 saturated carbocycles. The molecule has 1 N–H and O–H groups in total. The maximum atomic E-state index is 6.23. The zero-order valence-electron chi connectivity index (χ0n) is 11.3. The number of benzene rings is 2. The Morgan fingerprint density at radius 3 is 2.55 bits per heavy atom. The number of hydrogen-bond donors (Lipinski definition) is 1. The van der Waals surface area contributed by atoms with Crippen LogP contribution in [-0.4, -0.2) is 19.8 Å². The highest BCUT2D eigenvalue weighted by molar-refractivity contribution is 7.20. The molecule has 4 aromatic rings. The molecule has 0 bridgehead atoms. The maximum Gasteiger partial charge on any atom is 0.236 e. The topological polar surface area (TPSA) is 55.1 Å². The molecule has 2 heterocycles. The molecule has 5 nitrogen and oxygen atoms in total. The number of hydrogen-bond acceptors (Lipinski definition) is 5. The first kappa shape index (κ1) is 13.2. The number of fused-ring (bicyclic) bond motifs is 1. The summed E-state index contributed by atoms with van der Waals surface area (Å²) in [5, 5.41) is 17.5. The van der Waals surface area contributed by atoms with Gasteiger partial charge in [0.1, 0.15) is 0 Å². The third-order valence-corrected chi connectivity index (χ3v) is 4.27. The van der Waals surface area contributed by atoms with Crippen molar-refractivity contribution in [3.63, 3.8) is 0 Å². The largest absolute Gasteiger partial charge is 0.330 e. The summed E-state index contributed by atoms with van der Waals surface area (Å²) < 4.78 is 1.71. The standard InChI is InChI=1S/C15H10ClN5S/c16-12-9-5-4-8-11(12)13-18-19-15-21(13)20-14(22-15)17-10-6-2-1-3-7-10/h1-9H,(H,17,20). The summed E-state index contributed by atoms with van der Waals surface area (Å²) in [6, 6.07) is 17.4. The monoisotopic (exact) mass is 327 g/mol. The van der Waals surface area contributed by atoms with Crippen LogP contribution in [0.15, 0.2) is 54.6 Å². The van der Waals surface area contributed by atoms with Gasteiger partial charge in [0.25, 0.3) is 0 Å². The molecule has 0 radical (unpaired) electrons. The number of nitrogens with zero attached hydrogens (tertiary/aromatic N) is 4. The molecule has 0 spiro atoms. The minimum atomic E-state index is 0.627. The molecule has 4 rings (SSSR count). The summed E-state index contributed by atoms with van der Waals surface area (Å²) in [5.74, 6) is 0.637. The molecule has 2 aromatic carbocycles. The molecule has 108 valence electrons. The van der Waals surface area contributed by atoms with Crippen molar-refractivity contribution in [3.05, 3.63) is 59.6 Å². The van der Waals surface area contributed by atoms with Crippen molar-refractivity contribution in [2.45, 2.75) is 0 Å². The summed E-state index contributed by atoms with van der Waals surface area (Å²) >= 11 is 7.67. The zero-order valence-corrected chi connectivity index (χ0v) is 12.8. The number of anilines is 2. The second-order valence-electron chi connectivity index (χ2n) is 4.60. The van der Waals surface area contributed by atoms with Gasteiger partial charge in [-0.3, -0.25) is 0 Å². The van der Waals surface area contributed by atoms with Gasteiger partial charge in [-0.2, -0.15) is 4.52 Å². The van der Waals surface area contributed by atoms with E-state index < -0.39 is 0 Å². The van der Waals surface area contributed by atoms with Crippen LogP contribution in [0, 0.1) is 0 Å². The highest BCUT2D eigenvalue weighted by Crippen LogP contribution is 2.29. The molecule has 0 aliphatic rings. The molecular weight excluding hydrogens is 318 g/mol. The van der Waals surface area contributed by atoms with Crippen LogP contribution in [-0.2, 0) is 0 Å². The molecule has 0 saturated heterocycles. The van der Waals surface area contributed by atoms with Gasteiger partial charge in [0, 0.05) is 11.3 Å². The third-order valence-electron chi connectivity index (χ3n) is 3.13. The molecule has 2 aromatic heterocycles. The SMILES string of the molecule is Clc1ccccc1-c1nnc2sc(Nc3ccccc3)nn12. The normalized spacial score (nSPS) is 11.0. The highest BCUT2D eigenvalue weighted by atomic mass is 35.5. The molecule has 7 heteroatoms. The third kappa shape index (κ3) is 2.32. The van der Waals surface area contributed by atoms with Gasteiger partial charge in [0.15, 0.2) is 5.82 Å². The summed E-state index contributed by atoms with van der Waals surface area (Å²) in [7, 11) is 0. The van der Waals surface area contributed by atoms with E-state index in [1.54, 1.807) is 4.52 Å². The van der Waals surface area contributed by atoms with Crippen molar-refractivity contribution in [2.75, 3.05) is 5.32 Å². The van der Waals surface area contributed by atoms with E-state index in [0.29, 0.717) is 15.8 Å². The Morgan fingerprint density at radius 2 is 1.73 bits per heavy atom. The fraction of sp³-hybridized carbons (Fsp3) is 0. The molecule has 0 fully saturated rings. The zero-order chi connectivity index (χ0) is 14.9. The van der Waals surface area contributed by atoms with Gasteiger partial charge < -0.3 is 5.32 Å². The molecule has 0 amide bonds. The summed E-state index contributed by atoms with van der Waals surface area (Å²) in [5.41, 5.74) is 1.79. The van der Waals surface area contributed by atoms with Gasteiger partial charge in [-0.05, 0) is 24.3 Å². The molecule has 0 aliphatic heterocycles. The number of para-hydroxylation sites is 1. The Balaban J connectivity index is 1.75. The van der Waals surface area contributed by atoms with Crippen molar-refractivity contribution in [2.24, 2.45) is 0 Å². The maximum absolute atomic E-state index is 6.23. The van der Waals surface area contributed by atoms with Crippen molar-refractivity contribution in [1.29, 1.82) is 0 Å². The summed E-state index contributed by atoms with van der Waals surface area (Å²) in [6.45, 7) is 0. The lowest BCUT2D eigenvalue weighted by Crippen LogP contribution is -1.94. The van der Waals surface area contributed by atoms with Gasteiger partial charge in [-0.1, -0.05) is 53.3 Å². The molecule has 0 atom stereocenters. The molecule has 22 heavy (non-hydrogen) atoms. The Labute approximate surface area is 135 Å². The van der Waals surface area contributed by atoms with Crippen molar-refractivity contribution in [3.8, 4) is 11.4 Å². The minimum Gasteiger partial charge on any atom is -0.330 e. The van der Waals surface area contributed by atoms with E-state index in [1.807, 2.05) is 54.6 Å². The lowest BCUT2D eigenvalue weighted by Gasteiger charge is -2.01. The lowest BCUT2D eigenvalue weighted by atomic mass is 10.2. The predicted octanol–water partition coefficient (Wildman–Crippen LogP) is 4.25. The predicted molar refractivity (Wildman–Crippen MR) is 88.8 cm³/mol. The Bertz CT molecular complexity index is 931. The lowest BCUT2D eigenvalue weighted by molar-refractivity contribution is 0.970. The van der Waals surface area contributed by atoms with E-state index in [-0.39, 0.29) is 0 Å². The average Bonchev–Trinajstić information content (AvgIpc) is 3.09. The van der Waals surface area contributed by atoms with Gasteiger partial charge in [-0.15, -0.1) is 15.3 Å². The number of halogens is 1. The van der Waals surface area contributed by atoms with Crippen LogP contribution in [0.1, 0.15) is 0 Å². The quantitative estimate of drug-likeness (QED) is 0.611. The summed E-state index contributed by atoms with van der Waals surface area (Å²) in [4.78, 5) is 0.716. The second-order valence-corrected chi connectivity index (χ2v) is 5.96. The fourth-order valence-corrected chi connectivity index (χ4v) is 3.10. The Morgan fingerprint density at radius 1 is 0.955 bits per heavy atom. The minimum absolute atomic E-state index is 0.627. The summed E-state index contributed by atoms with van der Waals surface area (Å²) in [6.07, 6.45) is 0. The van der Waals surface area contributed by atoms with Crippen LogP contribution in [0.2, 0.25) is 5.02 Å². The van der Waals surface area contributed by atoms with Gasteiger partial charge in [-0.25, -0.2) is 0 Å². The van der Waals surface area contributed by atoms with Crippen LogP contribution in [0.4, 0.5) is 10.8 Å².